The normalized spacial score (nSPS) is 14.9. The number of methoxy groups -OCH3 is 1. The third-order valence-corrected chi connectivity index (χ3v) is 4.15. The number of rotatable bonds is 8. The SMILES string of the molecule is CCCC[C@H](OS(N)(=O)=O)[C@@H](OC)c1c(Cl)cccc1Cl. The fourth-order valence-corrected chi connectivity index (χ4v) is 3.22. The molecule has 0 radical (unpaired) electrons. The number of nitrogens with two attached hydrogens (primary N) is 1. The minimum atomic E-state index is -4.11. The van der Waals surface area contributed by atoms with Gasteiger partial charge in [-0.05, 0) is 18.6 Å². The van der Waals surface area contributed by atoms with Crippen molar-refractivity contribution >= 4 is 33.5 Å². The van der Waals surface area contributed by atoms with Crippen molar-refractivity contribution in [2.24, 2.45) is 5.14 Å². The molecule has 0 amide bonds. The van der Waals surface area contributed by atoms with Crippen LogP contribution in [0.1, 0.15) is 37.9 Å². The fourth-order valence-electron chi connectivity index (χ4n) is 2.07. The van der Waals surface area contributed by atoms with E-state index in [1.807, 2.05) is 6.92 Å². The molecular formula is C13H19Cl2NO4S. The van der Waals surface area contributed by atoms with Gasteiger partial charge in [0.05, 0.1) is 0 Å². The van der Waals surface area contributed by atoms with Gasteiger partial charge in [0.15, 0.2) is 0 Å². The molecule has 1 aromatic carbocycles. The van der Waals surface area contributed by atoms with E-state index in [0.717, 1.165) is 12.8 Å². The van der Waals surface area contributed by atoms with Crippen LogP contribution in [-0.4, -0.2) is 21.6 Å². The van der Waals surface area contributed by atoms with E-state index in [1.165, 1.54) is 7.11 Å². The van der Waals surface area contributed by atoms with Gasteiger partial charge in [0.25, 0.3) is 0 Å². The number of benzene rings is 1. The molecule has 1 aromatic rings. The maximum absolute atomic E-state index is 11.3. The van der Waals surface area contributed by atoms with Crippen molar-refractivity contribution in [2.75, 3.05) is 7.11 Å². The molecule has 0 saturated carbocycles. The fraction of sp³-hybridized carbons (Fsp3) is 0.538. The maximum atomic E-state index is 11.3. The van der Waals surface area contributed by atoms with E-state index in [1.54, 1.807) is 18.2 Å². The Labute approximate surface area is 135 Å². The number of unbranched alkanes of at least 4 members (excludes halogenated alkanes) is 1. The third-order valence-electron chi connectivity index (χ3n) is 2.98. The number of hydrogen-bond donors (Lipinski definition) is 1. The van der Waals surface area contributed by atoms with E-state index >= 15 is 0 Å². The Bertz CT molecular complexity index is 545. The second-order valence-electron chi connectivity index (χ2n) is 4.56. The predicted molar refractivity (Wildman–Crippen MR) is 83.7 cm³/mol. The number of halogens is 2. The molecule has 0 saturated heterocycles. The molecule has 8 heteroatoms. The molecule has 21 heavy (non-hydrogen) atoms. The van der Waals surface area contributed by atoms with Crippen molar-refractivity contribution in [3.8, 4) is 0 Å². The van der Waals surface area contributed by atoms with Gasteiger partial charge in [0, 0.05) is 22.7 Å². The van der Waals surface area contributed by atoms with Crippen LogP contribution in [-0.2, 0) is 19.2 Å². The highest BCUT2D eigenvalue weighted by molar-refractivity contribution is 7.84. The van der Waals surface area contributed by atoms with Gasteiger partial charge < -0.3 is 4.74 Å². The summed E-state index contributed by atoms with van der Waals surface area (Å²) in [6, 6.07) is 5.01. The first kappa shape index (κ1) is 18.7. The van der Waals surface area contributed by atoms with Crippen LogP contribution in [0, 0.1) is 0 Å². The molecule has 1 rings (SSSR count). The molecule has 0 heterocycles. The van der Waals surface area contributed by atoms with Crippen molar-refractivity contribution in [2.45, 2.75) is 38.4 Å². The summed E-state index contributed by atoms with van der Waals surface area (Å²) in [6.07, 6.45) is 0.560. The highest BCUT2D eigenvalue weighted by atomic mass is 35.5. The Kier molecular flexibility index (Phi) is 7.39. The van der Waals surface area contributed by atoms with E-state index < -0.39 is 22.5 Å². The zero-order valence-corrected chi connectivity index (χ0v) is 14.2. The van der Waals surface area contributed by atoms with Crippen molar-refractivity contribution in [3.05, 3.63) is 33.8 Å². The number of hydrogen-bond acceptors (Lipinski definition) is 4. The van der Waals surface area contributed by atoms with Crippen molar-refractivity contribution in [1.82, 2.24) is 0 Å². The zero-order chi connectivity index (χ0) is 16.0. The standard InChI is InChI=1S/C13H19Cl2NO4S/c1-3-4-8-11(20-21(16,17)18)13(19-2)12-9(14)6-5-7-10(12)15/h5-7,11,13H,3-4,8H2,1-2H3,(H2,16,17,18)/t11-,13+/m0/s1. The van der Waals surface area contributed by atoms with Gasteiger partial charge in [-0.3, -0.25) is 4.18 Å². The summed E-state index contributed by atoms with van der Waals surface area (Å²) in [4.78, 5) is 0. The van der Waals surface area contributed by atoms with Gasteiger partial charge in [-0.15, -0.1) is 0 Å². The van der Waals surface area contributed by atoms with Crippen molar-refractivity contribution < 1.29 is 17.3 Å². The topological polar surface area (TPSA) is 78.6 Å². The molecular weight excluding hydrogens is 337 g/mol. The Morgan fingerprint density at radius 3 is 2.29 bits per heavy atom. The Balaban J connectivity index is 3.17. The monoisotopic (exact) mass is 355 g/mol. The highest BCUT2D eigenvalue weighted by Gasteiger charge is 2.30. The maximum Gasteiger partial charge on any atom is 0.333 e. The average molecular weight is 356 g/mol. The smallest absolute Gasteiger partial charge is 0.333 e. The molecule has 0 fully saturated rings. The zero-order valence-electron chi connectivity index (χ0n) is 11.9. The summed E-state index contributed by atoms with van der Waals surface area (Å²) in [5, 5.41) is 5.75. The first-order valence-electron chi connectivity index (χ1n) is 6.47. The largest absolute Gasteiger partial charge is 0.374 e. The molecule has 0 unspecified atom stereocenters. The van der Waals surface area contributed by atoms with E-state index in [2.05, 4.69) is 0 Å². The quantitative estimate of drug-likeness (QED) is 0.774. The predicted octanol–water partition coefficient (Wildman–Crippen LogP) is 3.46. The van der Waals surface area contributed by atoms with Gasteiger partial charge in [0.1, 0.15) is 12.2 Å². The van der Waals surface area contributed by atoms with Gasteiger partial charge in [0.2, 0.25) is 0 Å². The first-order valence-corrected chi connectivity index (χ1v) is 8.70. The molecule has 0 bridgehead atoms. The van der Waals surface area contributed by atoms with Crippen LogP contribution in [0.5, 0.6) is 0 Å². The molecule has 0 aromatic heterocycles. The molecule has 2 atom stereocenters. The molecule has 120 valence electrons. The lowest BCUT2D eigenvalue weighted by Crippen LogP contribution is -2.30. The molecule has 0 spiro atoms. The van der Waals surface area contributed by atoms with Crippen LogP contribution >= 0.6 is 23.2 Å². The van der Waals surface area contributed by atoms with E-state index in [9.17, 15) is 8.42 Å². The van der Waals surface area contributed by atoms with Gasteiger partial charge in [-0.2, -0.15) is 8.42 Å². The summed E-state index contributed by atoms with van der Waals surface area (Å²) in [6.45, 7) is 1.98. The van der Waals surface area contributed by atoms with Crippen LogP contribution in [0.4, 0.5) is 0 Å². The summed E-state index contributed by atoms with van der Waals surface area (Å²) in [5.74, 6) is 0. The Morgan fingerprint density at radius 2 is 1.86 bits per heavy atom. The molecule has 5 nitrogen and oxygen atoms in total. The van der Waals surface area contributed by atoms with Gasteiger partial charge in [-0.25, -0.2) is 5.14 Å². The van der Waals surface area contributed by atoms with E-state index in [0.29, 0.717) is 22.0 Å². The van der Waals surface area contributed by atoms with Crippen LogP contribution in [0.15, 0.2) is 18.2 Å². The van der Waals surface area contributed by atoms with Crippen molar-refractivity contribution in [3.63, 3.8) is 0 Å². The molecule has 0 aliphatic carbocycles. The van der Waals surface area contributed by atoms with E-state index in [-0.39, 0.29) is 0 Å². The minimum Gasteiger partial charge on any atom is -0.374 e. The lowest BCUT2D eigenvalue weighted by Gasteiger charge is -2.26. The lowest BCUT2D eigenvalue weighted by atomic mass is 10.00. The van der Waals surface area contributed by atoms with Gasteiger partial charge >= 0.3 is 10.3 Å². The summed E-state index contributed by atoms with van der Waals surface area (Å²) >= 11 is 12.3. The third kappa shape index (κ3) is 5.73. The number of ether oxygens (including phenoxy) is 1. The van der Waals surface area contributed by atoms with E-state index in [4.69, 9.17) is 37.3 Å². The summed E-state index contributed by atoms with van der Waals surface area (Å²) < 4.78 is 32.9. The second kappa shape index (κ2) is 8.31. The molecule has 0 aliphatic rings. The van der Waals surface area contributed by atoms with Crippen LogP contribution in [0.2, 0.25) is 10.0 Å². The minimum absolute atomic E-state index is 0.383. The molecule has 0 aliphatic heterocycles. The highest BCUT2D eigenvalue weighted by Crippen LogP contribution is 2.36. The summed E-state index contributed by atoms with van der Waals surface area (Å²) in [7, 11) is -2.67. The first-order chi connectivity index (χ1) is 9.80. The Morgan fingerprint density at radius 1 is 1.29 bits per heavy atom. The lowest BCUT2D eigenvalue weighted by molar-refractivity contribution is -0.00117. The van der Waals surface area contributed by atoms with Crippen LogP contribution in [0.25, 0.3) is 0 Å². The van der Waals surface area contributed by atoms with Crippen LogP contribution in [0.3, 0.4) is 0 Å². The van der Waals surface area contributed by atoms with Crippen LogP contribution < -0.4 is 5.14 Å². The molecule has 2 N–H and O–H groups in total. The average Bonchev–Trinajstić information content (AvgIpc) is 2.38. The summed E-state index contributed by atoms with van der Waals surface area (Å²) in [5.41, 5.74) is 0.494. The second-order valence-corrected chi connectivity index (χ2v) is 6.55. The van der Waals surface area contributed by atoms with Gasteiger partial charge in [-0.1, -0.05) is 49.0 Å². The Hall–Kier alpha value is -0.370. The van der Waals surface area contributed by atoms with Crippen molar-refractivity contribution in [1.29, 1.82) is 0 Å².